The fourth-order valence-corrected chi connectivity index (χ4v) is 4.09. The maximum atomic E-state index is 4.46. The molecule has 0 spiro atoms. The van der Waals surface area contributed by atoms with Gasteiger partial charge in [-0.05, 0) is 36.6 Å². The molecule has 1 aliphatic rings. The van der Waals surface area contributed by atoms with Gasteiger partial charge in [0.15, 0.2) is 0 Å². The molecule has 1 atom stereocenters. The summed E-state index contributed by atoms with van der Waals surface area (Å²) in [5, 5.41) is 4.64. The topological polar surface area (TPSA) is 29.0 Å². The zero-order chi connectivity index (χ0) is 14.8. The van der Waals surface area contributed by atoms with Gasteiger partial charge in [-0.15, -0.1) is 11.3 Å². The van der Waals surface area contributed by atoms with Crippen molar-refractivity contribution < 1.29 is 0 Å². The van der Waals surface area contributed by atoms with Gasteiger partial charge in [-0.3, -0.25) is 9.88 Å². The van der Waals surface area contributed by atoms with Gasteiger partial charge in [0, 0.05) is 42.7 Å². The van der Waals surface area contributed by atoms with E-state index in [9.17, 15) is 0 Å². The second-order valence-corrected chi connectivity index (χ2v) is 6.99. The van der Waals surface area contributed by atoms with Crippen LogP contribution in [0.15, 0.2) is 48.1 Å². The number of hydrogen-bond donors (Lipinski definition) is 0. The summed E-state index contributed by atoms with van der Waals surface area (Å²) in [5.41, 5.74) is 2.49. The van der Waals surface area contributed by atoms with E-state index in [0.717, 1.165) is 24.4 Å². The number of nitrogens with zero attached hydrogens (tertiary/aromatic N) is 3. The highest BCUT2D eigenvalue weighted by Gasteiger charge is 2.23. The van der Waals surface area contributed by atoms with Crippen LogP contribution in [-0.4, -0.2) is 28.0 Å². The first-order chi connectivity index (χ1) is 10.9. The predicted octanol–water partition coefficient (Wildman–Crippen LogP) is 3.76. The molecule has 1 aliphatic heterocycles. The lowest BCUT2D eigenvalue weighted by molar-refractivity contribution is 0.317. The third kappa shape index (κ3) is 2.89. The van der Waals surface area contributed by atoms with E-state index < -0.39 is 0 Å². The molecule has 0 unspecified atom stereocenters. The van der Waals surface area contributed by atoms with E-state index in [2.05, 4.69) is 50.6 Å². The van der Waals surface area contributed by atoms with E-state index in [1.807, 2.05) is 12.4 Å². The van der Waals surface area contributed by atoms with E-state index >= 15 is 0 Å². The Morgan fingerprint density at radius 2 is 2.09 bits per heavy atom. The van der Waals surface area contributed by atoms with Crippen molar-refractivity contribution in [1.29, 1.82) is 0 Å². The number of aromatic nitrogens is 2. The van der Waals surface area contributed by atoms with E-state index in [-0.39, 0.29) is 0 Å². The minimum Gasteiger partial charge on any atom is -0.299 e. The first-order valence-corrected chi connectivity index (χ1v) is 8.70. The lowest BCUT2D eigenvalue weighted by Crippen LogP contribution is -2.20. The molecule has 22 heavy (non-hydrogen) atoms. The maximum absolute atomic E-state index is 4.46. The number of para-hydroxylation sites is 1. The zero-order valence-corrected chi connectivity index (χ0v) is 13.3. The van der Waals surface area contributed by atoms with Crippen molar-refractivity contribution in [2.24, 2.45) is 5.92 Å². The van der Waals surface area contributed by atoms with Crippen LogP contribution in [0.25, 0.3) is 10.9 Å². The largest absolute Gasteiger partial charge is 0.299 e. The quantitative estimate of drug-likeness (QED) is 0.735. The molecule has 112 valence electrons. The highest BCUT2D eigenvalue weighted by Crippen LogP contribution is 2.25. The van der Waals surface area contributed by atoms with E-state index in [1.165, 1.54) is 35.5 Å². The Balaban J connectivity index is 1.45. The second-order valence-electron chi connectivity index (χ2n) is 6.01. The van der Waals surface area contributed by atoms with Gasteiger partial charge in [0.1, 0.15) is 0 Å². The fraction of sp³-hybridized carbons (Fsp3) is 0.333. The molecular formula is C18H19N3S. The summed E-state index contributed by atoms with van der Waals surface area (Å²) in [7, 11) is 0. The van der Waals surface area contributed by atoms with Crippen LogP contribution in [0.4, 0.5) is 0 Å². The molecule has 1 aromatic carbocycles. The standard InChI is InChI=1S/C18H19N3S/c1-2-4-17-16(3-1)15(5-7-19-17)13-21-9-6-14(12-21)11-18-20-8-10-22-18/h1-5,7-8,10,14H,6,9,11-13H2/t14-/m1/s1. The van der Waals surface area contributed by atoms with Crippen molar-refractivity contribution in [3.63, 3.8) is 0 Å². The van der Waals surface area contributed by atoms with Crippen LogP contribution in [0.2, 0.25) is 0 Å². The van der Waals surface area contributed by atoms with Crippen LogP contribution in [0.1, 0.15) is 17.0 Å². The van der Waals surface area contributed by atoms with Crippen molar-refractivity contribution in [3.05, 3.63) is 58.7 Å². The van der Waals surface area contributed by atoms with E-state index in [0.29, 0.717) is 0 Å². The smallest absolute Gasteiger partial charge is 0.0928 e. The number of fused-ring (bicyclic) bond motifs is 1. The average molecular weight is 309 g/mol. The Labute approximate surface area is 134 Å². The average Bonchev–Trinajstić information content (AvgIpc) is 3.20. The number of likely N-dealkylation sites (tertiary alicyclic amines) is 1. The van der Waals surface area contributed by atoms with Gasteiger partial charge in [-0.2, -0.15) is 0 Å². The lowest BCUT2D eigenvalue weighted by atomic mass is 10.1. The number of benzene rings is 1. The highest BCUT2D eigenvalue weighted by molar-refractivity contribution is 7.09. The summed E-state index contributed by atoms with van der Waals surface area (Å²) >= 11 is 1.78. The predicted molar refractivity (Wildman–Crippen MR) is 90.9 cm³/mol. The van der Waals surface area contributed by atoms with E-state index in [1.54, 1.807) is 11.3 Å². The molecule has 0 bridgehead atoms. The van der Waals surface area contributed by atoms with E-state index in [4.69, 9.17) is 0 Å². The molecule has 3 nitrogen and oxygen atoms in total. The molecule has 3 aromatic rings. The number of rotatable bonds is 4. The lowest BCUT2D eigenvalue weighted by Gasteiger charge is -2.17. The third-order valence-electron chi connectivity index (χ3n) is 4.45. The molecule has 1 fully saturated rings. The SMILES string of the molecule is c1ccc2c(CN3CC[C@H](Cc4nccs4)C3)ccnc2c1. The van der Waals surface area contributed by atoms with Gasteiger partial charge in [-0.25, -0.2) is 4.98 Å². The van der Waals surface area contributed by atoms with Crippen molar-refractivity contribution >= 4 is 22.2 Å². The van der Waals surface area contributed by atoms with Crippen molar-refractivity contribution in [2.45, 2.75) is 19.4 Å². The normalized spacial score (nSPS) is 19.0. The summed E-state index contributed by atoms with van der Waals surface area (Å²) in [6.07, 6.45) is 6.25. The molecule has 0 radical (unpaired) electrons. The van der Waals surface area contributed by atoms with Crippen molar-refractivity contribution in [1.82, 2.24) is 14.9 Å². The van der Waals surface area contributed by atoms with Gasteiger partial charge in [0.2, 0.25) is 0 Å². The monoisotopic (exact) mass is 309 g/mol. The molecule has 3 heterocycles. The Kier molecular flexibility index (Phi) is 3.87. The van der Waals surface area contributed by atoms with Gasteiger partial charge >= 0.3 is 0 Å². The highest BCUT2D eigenvalue weighted by atomic mass is 32.1. The van der Waals surface area contributed by atoms with Crippen LogP contribution < -0.4 is 0 Å². The third-order valence-corrected chi connectivity index (χ3v) is 5.25. The number of pyridine rings is 1. The maximum Gasteiger partial charge on any atom is 0.0928 e. The summed E-state index contributed by atoms with van der Waals surface area (Å²) in [6.45, 7) is 3.39. The summed E-state index contributed by atoms with van der Waals surface area (Å²) < 4.78 is 0. The molecule has 4 heteroatoms. The Morgan fingerprint density at radius 3 is 3.00 bits per heavy atom. The molecule has 0 amide bonds. The zero-order valence-electron chi connectivity index (χ0n) is 12.5. The minimum atomic E-state index is 0.749. The molecule has 1 saturated heterocycles. The Hall–Kier alpha value is -1.78. The molecular weight excluding hydrogens is 290 g/mol. The number of hydrogen-bond acceptors (Lipinski definition) is 4. The summed E-state index contributed by atoms with van der Waals surface area (Å²) in [5.74, 6) is 0.749. The second kappa shape index (κ2) is 6.15. The first kappa shape index (κ1) is 13.9. The first-order valence-electron chi connectivity index (χ1n) is 7.82. The molecule has 0 aliphatic carbocycles. The summed E-state index contributed by atoms with van der Waals surface area (Å²) in [4.78, 5) is 11.4. The van der Waals surface area contributed by atoms with Crippen LogP contribution in [0, 0.1) is 5.92 Å². The molecule has 4 rings (SSSR count). The van der Waals surface area contributed by atoms with Gasteiger partial charge < -0.3 is 0 Å². The van der Waals surface area contributed by atoms with Gasteiger partial charge in [0.05, 0.1) is 10.5 Å². The van der Waals surface area contributed by atoms with Crippen molar-refractivity contribution in [2.75, 3.05) is 13.1 Å². The fourth-order valence-electron chi connectivity index (χ4n) is 3.36. The molecule has 2 aromatic heterocycles. The van der Waals surface area contributed by atoms with Crippen LogP contribution in [-0.2, 0) is 13.0 Å². The van der Waals surface area contributed by atoms with Gasteiger partial charge in [0.25, 0.3) is 0 Å². The number of thiazole rings is 1. The van der Waals surface area contributed by atoms with Crippen LogP contribution in [0.5, 0.6) is 0 Å². The van der Waals surface area contributed by atoms with Crippen LogP contribution >= 0.6 is 11.3 Å². The van der Waals surface area contributed by atoms with Crippen LogP contribution in [0.3, 0.4) is 0 Å². The molecule has 0 N–H and O–H groups in total. The van der Waals surface area contributed by atoms with Gasteiger partial charge in [-0.1, -0.05) is 18.2 Å². The Bertz CT molecular complexity index is 749. The Morgan fingerprint density at radius 1 is 1.14 bits per heavy atom. The molecule has 0 saturated carbocycles. The van der Waals surface area contributed by atoms with Crippen molar-refractivity contribution in [3.8, 4) is 0 Å². The minimum absolute atomic E-state index is 0.749. The summed E-state index contributed by atoms with van der Waals surface area (Å²) in [6, 6.07) is 10.6.